The fourth-order valence-electron chi connectivity index (χ4n) is 4.25. The van der Waals surface area contributed by atoms with E-state index in [2.05, 4.69) is 43.3 Å². The van der Waals surface area contributed by atoms with Crippen molar-refractivity contribution in [2.45, 2.75) is 19.8 Å². The molecule has 0 aromatic carbocycles. The maximum Gasteiger partial charge on any atom is 0.280 e. The average Bonchev–Trinajstić information content (AvgIpc) is 3.41. The number of rotatable bonds is 6. The number of hydrogen-bond donors (Lipinski definition) is 1. The number of fused-ring (bicyclic) bond motifs is 1. The molecule has 11 heteroatoms. The largest absolute Gasteiger partial charge is 0.351 e. The molecule has 5 rings (SSSR count). The van der Waals surface area contributed by atoms with Gasteiger partial charge in [0, 0.05) is 25.4 Å². The molecule has 0 fully saturated rings. The van der Waals surface area contributed by atoms with E-state index in [9.17, 15) is 8.78 Å². The highest BCUT2D eigenvalue weighted by molar-refractivity contribution is 6.34. The van der Waals surface area contributed by atoms with E-state index in [1.807, 2.05) is 13.1 Å². The number of pyridine rings is 1. The van der Waals surface area contributed by atoms with Gasteiger partial charge >= 0.3 is 0 Å². The second-order valence-corrected chi connectivity index (χ2v) is 8.93. The average molecular weight is 485 g/mol. The highest BCUT2D eigenvalue weighted by Crippen LogP contribution is 2.33. The van der Waals surface area contributed by atoms with Gasteiger partial charge in [-0.3, -0.25) is 9.67 Å². The van der Waals surface area contributed by atoms with Gasteiger partial charge in [-0.15, -0.1) is 0 Å². The van der Waals surface area contributed by atoms with Gasteiger partial charge in [-0.2, -0.15) is 5.10 Å². The van der Waals surface area contributed by atoms with Gasteiger partial charge in [-0.05, 0) is 36.5 Å². The number of allylic oxidation sites excluding steroid dienone is 1. The van der Waals surface area contributed by atoms with Crippen LogP contribution in [0.3, 0.4) is 0 Å². The number of anilines is 2. The number of aliphatic imine (C=N–C) groups is 1. The number of hydrogen-bond acceptors (Lipinski definition) is 7. The van der Waals surface area contributed by atoms with Crippen molar-refractivity contribution in [3.05, 3.63) is 70.7 Å². The van der Waals surface area contributed by atoms with Crippen molar-refractivity contribution in [2.24, 2.45) is 23.9 Å². The summed E-state index contributed by atoms with van der Waals surface area (Å²) in [4.78, 5) is 20.0. The SMILES string of the molecule is C[C@@H]1CN2CC(c3nc(Nc4ccnn4C)ncc3Cl)=NC2=CC1Cc1cccc(C(F)F)n1. The Morgan fingerprint density at radius 1 is 1.24 bits per heavy atom. The van der Waals surface area contributed by atoms with E-state index in [4.69, 9.17) is 16.6 Å². The molecule has 0 radical (unpaired) electrons. The van der Waals surface area contributed by atoms with Crippen molar-refractivity contribution in [3.63, 3.8) is 0 Å². The molecule has 34 heavy (non-hydrogen) atoms. The summed E-state index contributed by atoms with van der Waals surface area (Å²) in [6.45, 7) is 3.53. The first-order valence-corrected chi connectivity index (χ1v) is 11.3. The second-order valence-electron chi connectivity index (χ2n) is 8.52. The van der Waals surface area contributed by atoms with Crippen LogP contribution in [0.25, 0.3) is 0 Å². The molecular formula is C23H23ClF2N8. The molecule has 0 aliphatic carbocycles. The van der Waals surface area contributed by atoms with E-state index in [1.54, 1.807) is 29.2 Å². The molecule has 1 N–H and O–H groups in total. The van der Waals surface area contributed by atoms with Crippen LogP contribution in [-0.2, 0) is 13.5 Å². The molecule has 3 aromatic rings. The predicted octanol–water partition coefficient (Wildman–Crippen LogP) is 4.39. The molecule has 2 aliphatic rings. The third kappa shape index (κ3) is 4.50. The zero-order chi connectivity index (χ0) is 23.8. The van der Waals surface area contributed by atoms with Crippen LogP contribution in [0.15, 0.2) is 53.5 Å². The van der Waals surface area contributed by atoms with Crippen molar-refractivity contribution in [3.8, 4) is 0 Å². The first-order chi connectivity index (χ1) is 16.4. The Labute approximate surface area is 200 Å². The monoisotopic (exact) mass is 484 g/mol. The third-order valence-corrected chi connectivity index (χ3v) is 6.37. The summed E-state index contributed by atoms with van der Waals surface area (Å²) in [5.74, 6) is 2.44. The summed E-state index contributed by atoms with van der Waals surface area (Å²) in [6, 6.07) is 6.61. The maximum atomic E-state index is 13.0. The number of nitrogens with one attached hydrogen (secondary N) is 1. The lowest BCUT2D eigenvalue weighted by Gasteiger charge is -2.33. The molecule has 0 saturated carbocycles. The molecular weight excluding hydrogens is 462 g/mol. The van der Waals surface area contributed by atoms with Crippen LogP contribution in [-0.4, -0.2) is 48.4 Å². The zero-order valence-corrected chi connectivity index (χ0v) is 19.4. The Kier molecular flexibility index (Phi) is 5.99. The standard InChI is InChI=1S/C23H23ClF2N8/c1-13-11-34-12-18(21-16(24)10-27-23(32-21)31-19-6-7-28-33(19)2)30-20(34)9-14(13)8-15-4-3-5-17(29-15)22(25)26/h3-7,9-10,13-14,22H,8,11-12H2,1-2H3,(H,27,31,32)/t13-,14?/m1/s1. The van der Waals surface area contributed by atoms with Crippen molar-refractivity contribution >= 4 is 29.1 Å². The Morgan fingerprint density at radius 3 is 2.85 bits per heavy atom. The van der Waals surface area contributed by atoms with E-state index >= 15 is 0 Å². The van der Waals surface area contributed by atoms with Gasteiger partial charge < -0.3 is 10.2 Å². The molecule has 0 bridgehead atoms. The number of nitrogens with zero attached hydrogens (tertiary/aromatic N) is 7. The zero-order valence-electron chi connectivity index (χ0n) is 18.7. The molecule has 176 valence electrons. The van der Waals surface area contributed by atoms with E-state index in [-0.39, 0.29) is 11.6 Å². The van der Waals surface area contributed by atoms with Crippen LogP contribution in [0, 0.1) is 11.8 Å². The fourth-order valence-corrected chi connectivity index (χ4v) is 4.45. The van der Waals surface area contributed by atoms with Gasteiger partial charge in [-0.1, -0.05) is 24.6 Å². The van der Waals surface area contributed by atoms with E-state index in [0.717, 1.165) is 23.9 Å². The van der Waals surface area contributed by atoms with Gasteiger partial charge in [-0.25, -0.2) is 23.7 Å². The van der Waals surface area contributed by atoms with Gasteiger partial charge in [0.05, 0.1) is 29.7 Å². The smallest absolute Gasteiger partial charge is 0.280 e. The van der Waals surface area contributed by atoms with Gasteiger partial charge in [0.25, 0.3) is 6.43 Å². The summed E-state index contributed by atoms with van der Waals surface area (Å²) in [6.07, 6.45) is 3.35. The van der Waals surface area contributed by atoms with Crippen LogP contribution in [0.2, 0.25) is 5.02 Å². The molecule has 3 aromatic heterocycles. The van der Waals surface area contributed by atoms with Crippen LogP contribution in [0.4, 0.5) is 20.5 Å². The minimum atomic E-state index is -2.57. The molecule has 0 spiro atoms. The maximum absolute atomic E-state index is 13.0. The summed E-state index contributed by atoms with van der Waals surface area (Å²) in [5, 5.41) is 7.69. The Morgan fingerprint density at radius 2 is 2.09 bits per heavy atom. The normalized spacial score (nSPS) is 19.8. The van der Waals surface area contributed by atoms with Crippen LogP contribution < -0.4 is 5.32 Å². The number of aromatic nitrogens is 5. The predicted molar refractivity (Wildman–Crippen MR) is 125 cm³/mol. The van der Waals surface area contributed by atoms with E-state index < -0.39 is 6.43 Å². The Hall–Kier alpha value is -3.40. The lowest BCUT2D eigenvalue weighted by atomic mass is 9.86. The minimum Gasteiger partial charge on any atom is -0.351 e. The first-order valence-electron chi connectivity index (χ1n) is 10.9. The highest BCUT2D eigenvalue weighted by Gasteiger charge is 2.32. The van der Waals surface area contributed by atoms with Gasteiger partial charge in [0.2, 0.25) is 5.95 Å². The van der Waals surface area contributed by atoms with E-state index in [0.29, 0.717) is 41.2 Å². The van der Waals surface area contributed by atoms with Crippen molar-refractivity contribution in [1.29, 1.82) is 0 Å². The van der Waals surface area contributed by atoms with Crippen molar-refractivity contribution < 1.29 is 8.78 Å². The summed E-state index contributed by atoms with van der Waals surface area (Å²) in [7, 11) is 1.82. The lowest BCUT2D eigenvalue weighted by molar-refractivity contribution is 0.145. The molecule has 8 nitrogen and oxygen atoms in total. The fraction of sp³-hybridized carbons (Fsp3) is 0.348. The van der Waals surface area contributed by atoms with Gasteiger partial charge in [0.1, 0.15) is 23.0 Å². The van der Waals surface area contributed by atoms with Crippen LogP contribution >= 0.6 is 11.6 Å². The van der Waals surface area contributed by atoms with Crippen molar-refractivity contribution in [2.75, 3.05) is 18.4 Å². The number of alkyl halides is 2. The summed E-state index contributed by atoms with van der Waals surface area (Å²) < 4.78 is 27.8. The molecule has 5 heterocycles. The Bertz CT molecular complexity index is 1270. The van der Waals surface area contributed by atoms with Crippen LogP contribution in [0.1, 0.15) is 30.4 Å². The molecule has 2 atom stereocenters. The van der Waals surface area contributed by atoms with Gasteiger partial charge in [0.15, 0.2) is 0 Å². The van der Waals surface area contributed by atoms with Crippen LogP contribution in [0.5, 0.6) is 0 Å². The molecule has 1 unspecified atom stereocenters. The summed E-state index contributed by atoms with van der Waals surface area (Å²) in [5.41, 5.74) is 1.81. The van der Waals surface area contributed by atoms with E-state index in [1.165, 1.54) is 6.07 Å². The quantitative estimate of drug-likeness (QED) is 0.558. The highest BCUT2D eigenvalue weighted by atomic mass is 35.5. The summed E-state index contributed by atoms with van der Waals surface area (Å²) >= 11 is 6.43. The molecule has 2 aliphatic heterocycles. The minimum absolute atomic E-state index is 0.137. The third-order valence-electron chi connectivity index (χ3n) is 6.09. The Balaban J connectivity index is 1.38. The first kappa shape index (κ1) is 22.4. The lowest BCUT2D eigenvalue weighted by Crippen LogP contribution is -2.35. The van der Waals surface area contributed by atoms with Crippen molar-refractivity contribution in [1.82, 2.24) is 29.6 Å². The molecule has 0 saturated heterocycles. The second kappa shape index (κ2) is 9.09. The molecule has 0 amide bonds. The number of aryl methyl sites for hydroxylation is 1. The number of halogens is 3. The topological polar surface area (TPSA) is 84.1 Å².